The molecule has 5 nitrogen and oxygen atoms in total. The van der Waals surface area contributed by atoms with Gasteiger partial charge in [-0.05, 0) is 31.2 Å². The number of aromatic nitrogens is 2. The number of nitrogens with one attached hydrogen (secondary N) is 1. The van der Waals surface area contributed by atoms with E-state index in [9.17, 15) is 9.90 Å². The number of hydrogen-bond acceptors (Lipinski definition) is 3. The second-order valence-corrected chi connectivity index (χ2v) is 5.15. The lowest BCUT2D eigenvalue weighted by Gasteiger charge is -2.15. The van der Waals surface area contributed by atoms with Gasteiger partial charge in [-0.1, -0.05) is 15.9 Å². The normalized spacial score (nSPS) is 12.2. The van der Waals surface area contributed by atoms with E-state index in [0.717, 1.165) is 15.9 Å². The van der Waals surface area contributed by atoms with Gasteiger partial charge in [0.25, 0.3) is 0 Å². The minimum Gasteiger partial charge on any atom is -0.479 e. The highest BCUT2D eigenvalue weighted by molar-refractivity contribution is 9.10. The van der Waals surface area contributed by atoms with Crippen LogP contribution in [-0.2, 0) is 11.8 Å². The average Bonchev–Trinajstić information content (AvgIpc) is 2.69. The van der Waals surface area contributed by atoms with Crippen LogP contribution in [0, 0.1) is 6.92 Å². The molecule has 0 fully saturated rings. The minimum absolute atomic E-state index is 0.665. The van der Waals surface area contributed by atoms with Crippen LogP contribution in [0.2, 0.25) is 0 Å². The number of carboxylic acids is 1. The monoisotopic (exact) mass is 323 g/mol. The second kappa shape index (κ2) is 5.44. The number of aryl methyl sites for hydroxylation is 1. The minimum atomic E-state index is -0.931. The van der Waals surface area contributed by atoms with Gasteiger partial charge in [-0.15, -0.1) is 0 Å². The van der Waals surface area contributed by atoms with E-state index in [0.29, 0.717) is 5.56 Å². The van der Waals surface area contributed by atoms with Crippen molar-refractivity contribution in [3.63, 3.8) is 0 Å². The Bertz CT molecular complexity index is 592. The summed E-state index contributed by atoms with van der Waals surface area (Å²) in [5.74, 6) is -0.931. The molecule has 2 N–H and O–H groups in total. The smallest absolute Gasteiger partial charge is 0.330 e. The highest BCUT2D eigenvalue weighted by Crippen LogP contribution is 2.23. The number of halogens is 1. The molecule has 0 aliphatic carbocycles. The first-order valence-electron chi connectivity index (χ1n) is 5.72. The van der Waals surface area contributed by atoms with Crippen LogP contribution in [0.5, 0.6) is 0 Å². The Balaban J connectivity index is 2.29. The van der Waals surface area contributed by atoms with E-state index in [1.165, 1.54) is 0 Å². The highest BCUT2D eigenvalue weighted by Gasteiger charge is 2.23. The third kappa shape index (κ3) is 2.96. The van der Waals surface area contributed by atoms with Crippen molar-refractivity contribution in [3.05, 3.63) is 46.2 Å². The van der Waals surface area contributed by atoms with Crippen LogP contribution in [0.1, 0.15) is 17.3 Å². The van der Waals surface area contributed by atoms with Crippen LogP contribution in [0.15, 0.2) is 34.9 Å². The Morgan fingerprint density at radius 3 is 2.53 bits per heavy atom. The molecule has 2 aromatic rings. The lowest BCUT2D eigenvalue weighted by molar-refractivity contribution is -0.138. The number of carbonyl (C=O) groups is 1. The van der Waals surface area contributed by atoms with Gasteiger partial charge in [-0.25, -0.2) is 4.79 Å². The maximum Gasteiger partial charge on any atom is 0.330 e. The van der Waals surface area contributed by atoms with Gasteiger partial charge in [0.15, 0.2) is 6.04 Å². The first kappa shape index (κ1) is 13.6. The van der Waals surface area contributed by atoms with Crippen molar-refractivity contribution in [2.75, 3.05) is 5.32 Å². The fourth-order valence-electron chi connectivity index (χ4n) is 1.78. The van der Waals surface area contributed by atoms with Gasteiger partial charge in [-0.3, -0.25) is 4.68 Å². The van der Waals surface area contributed by atoms with E-state index in [-0.39, 0.29) is 0 Å². The number of hydrogen-bond donors (Lipinski definition) is 2. The number of benzene rings is 1. The number of aliphatic carboxylic acids is 1. The predicted molar refractivity (Wildman–Crippen MR) is 76.1 cm³/mol. The standard InChI is InChI=1S/C13H14BrN3O2/c1-8-11(7-15-17(8)2)12(13(18)19)16-10-5-3-9(14)4-6-10/h3-7,12,16H,1-2H3,(H,18,19). The lowest BCUT2D eigenvalue weighted by atomic mass is 10.1. The summed E-state index contributed by atoms with van der Waals surface area (Å²) in [6.45, 7) is 1.85. The largest absolute Gasteiger partial charge is 0.479 e. The lowest BCUT2D eigenvalue weighted by Crippen LogP contribution is -2.21. The van der Waals surface area contributed by atoms with E-state index >= 15 is 0 Å². The fraction of sp³-hybridized carbons (Fsp3) is 0.231. The molecule has 0 radical (unpaired) electrons. The molecule has 1 atom stereocenters. The number of anilines is 1. The van der Waals surface area contributed by atoms with Crippen LogP contribution >= 0.6 is 15.9 Å². The predicted octanol–water partition coefficient (Wildman–Crippen LogP) is 2.73. The molecule has 0 spiro atoms. The van der Waals surface area contributed by atoms with Crippen molar-refractivity contribution < 1.29 is 9.90 Å². The van der Waals surface area contributed by atoms with Crippen LogP contribution in [0.25, 0.3) is 0 Å². The molecule has 1 heterocycles. The van der Waals surface area contributed by atoms with Crippen molar-refractivity contribution in [1.82, 2.24) is 9.78 Å². The molecule has 0 saturated heterocycles. The van der Waals surface area contributed by atoms with E-state index in [2.05, 4.69) is 26.3 Å². The Morgan fingerprint density at radius 2 is 2.05 bits per heavy atom. The third-order valence-electron chi connectivity index (χ3n) is 2.99. The van der Waals surface area contributed by atoms with E-state index < -0.39 is 12.0 Å². The molecule has 2 rings (SSSR count). The molecule has 6 heteroatoms. The molecule has 0 aliphatic rings. The van der Waals surface area contributed by atoms with Gasteiger partial charge in [-0.2, -0.15) is 5.10 Å². The van der Waals surface area contributed by atoms with Crippen molar-refractivity contribution in [2.24, 2.45) is 7.05 Å². The van der Waals surface area contributed by atoms with Gasteiger partial charge in [0.1, 0.15) is 0 Å². The fourth-order valence-corrected chi connectivity index (χ4v) is 2.05. The van der Waals surface area contributed by atoms with Gasteiger partial charge in [0.2, 0.25) is 0 Å². The van der Waals surface area contributed by atoms with E-state index in [1.54, 1.807) is 17.9 Å². The maximum atomic E-state index is 11.4. The first-order valence-corrected chi connectivity index (χ1v) is 6.51. The zero-order chi connectivity index (χ0) is 14.0. The summed E-state index contributed by atoms with van der Waals surface area (Å²) < 4.78 is 2.61. The van der Waals surface area contributed by atoms with E-state index in [4.69, 9.17) is 0 Å². The van der Waals surface area contributed by atoms with Crippen LogP contribution in [0.3, 0.4) is 0 Å². The second-order valence-electron chi connectivity index (χ2n) is 4.23. The number of nitrogens with zero attached hydrogens (tertiary/aromatic N) is 2. The molecule has 19 heavy (non-hydrogen) atoms. The Morgan fingerprint density at radius 1 is 1.42 bits per heavy atom. The molecule has 0 saturated carbocycles. The van der Waals surface area contributed by atoms with Crippen molar-refractivity contribution in [2.45, 2.75) is 13.0 Å². The van der Waals surface area contributed by atoms with Crippen LogP contribution < -0.4 is 5.32 Å². The first-order chi connectivity index (χ1) is 8.99. The summed E-state index contributed by atoms with van der Waals surface area (Å²) in [7, 11) is 1.79. The number of carboxylic acid groups (broad SMARTS) is 1. The molecule has 0 bridgehead atoms. The average molecular weight is 324 g/mol. The maximum absolute atomic E-state index is 11.4. The Kier molecular flexibility index (Phi) is 3.90. The molecule has 100 valence electrons. The van der Waals surface area contributed by atoms with Crippen LogP contribution in [-0.4, -0.2) is 20.9 Å². The quantitative estimate of drug-likeness (QED) is 0.907. The zero-order valence-electron chi connectivity index (χ0n) is 10.6. The van der Waals surface area contributed by atoms with Crippen LogP contribution in [0.4, 0.5) is 5.69 Å². The summed E-state index contributed by atoms with van der Waals surface area (Å²) in [4.78, 5) is 11.4. The van der Waals surface area contributed by atoms with Gasteiger partial charge in [0, 0.05) is 28.5 Å². The molecule has 1 aromatic heterocycles. The van der Waals surface area contributed by atoms with Crippen molar-refractivity contribution in [3.8, 4) is 0 Å². The van der Waals surface area contributed by atoms with E-state index in [1.807, 2.05) is 31.2 Å². The van der Waals surface area contributed by atoms with Crippen molar-refractivity contribution in [1.29, 1.82) is 0 Å². The number of rotatable bonds is 4. The summed E-state index contributed by atoms with van der Waals surface area (Å²) in [6, 6.07) is 6.56. The zero-order valence-corrected chi connectivity index (χ0v) is 12.2. The molecular formula is C13H14BrN3O2. The summed E-state index contributed by atoms with van der Waals surface area (Å²) >= 11 is 3.34. The van der Waals surface area contributed by atoms with Gasteiger partial charge in [0.05, 0.1) is 6.20 Å². The molecule has 1 unspecified atom stereocenters. The Labute approximate surface area is 119 Å². The SMILES string of the molecule is Cc1c(C(Nc2ccc(Br)cc2)C(=O)O)cnn1C. The highest BCUT2D eigenvalue weighted by atomic mass is 79.9. The summed E-state index contributed by atoms with van der Waals surface area (Å²) in [5, 5.41) is 16.5. The van der Waals surface area contributed by atoms with Gasteiger partial charge < -0.3 is 10.4 Å². The molecular weight excluding hydrogens is 310 g/mol. The third-order valence-corrected chi connectivity index (χ3v) is 3.52. The molecule has 1 aromatic carbocycles. The van der Waals surface area contributed by atoms with Gasteiger partial charge >= 0.3 is 5.97 Å². The topological polar surface area (TPSA) is 67.2 Å². The van der Waals surface area contributed by atoms with Crippen molar-refractivity contribution >= 4 is 27.6 Å². The Hall–Kier alpha value is -1.82. The molecule has 0 amide bonds. The molecule has 0 aliphatic heterocycles. The summed E-state index contributed by atoms with van der Waals surface area (Å²) in [5.41, 5.74) is 2.24. The summed E-state index contributed by atoms with van der Waals surface area (Å²) in [6.07, 6.45) is 1.58.